The molecule has 0 aliphatic rings. The lowest BCUT2D eigenvalue weighted by Crippen LogP contribution is -2.32. The van der Waals surface area contributed by atoms with Crippen LogP contribution < -0.4 is 15.4 Å². The second-order valence-corrected chi connectivity index (χ2v) is 5.18. The van der Waals surface area contributed by atoms with Gasteiger partial charge in [0, 0.05) is 11.6 Å². The van der Waals surface area contributed by atoms with Crippen molar-refractivity contribution in [2.75, 3.05) is 18.5 Å². The average Bonchev–Trinajstić information content (AvgIpc) is 2.62. The largest absolute Gasteiger partial charge is 0.492 e. The van der Waals surface area contributed by atoms with Crippen molar-refractivity contribution in [3.8, 4) is 5.75 Å². The topological polar surface area (TPSA) is 63.2 Å². The zero-order valence-corrected chi connectivity index (χ0v) is 13.1. The van der Waals surface area contributed by atoms with E-state index in [0.717, 1.165) is 23.0 Å². The first kappa shape index (κ1) is 16.6. The monoisotopic (exact) mass is 343 g/mol. The minimum Gasteiger partial charge on any atom is -0.492 e. The van der Waals surface area contributed by atoms with E-state index in [1.807, 2.05) is 24.3 Å². The molecule has 5 nitrogen and oxygen atoms in total. The van der Waals surface area contributed by atoms with Crippen LogP contribution in [0.4, 0.5) is 19.3 Å². The number of hydrogen-bond donors (Lipinski definition) is 2. The summed E-state index contributed by atoms with van der Waals surface area (Å²) in [4.78, 5) is 15.9. The lowest BCUT2D eigenvalue weighted by Gasteiger charge is -2.10. The molecule has 2 amide bonds. The van der Waals surface area contributed by atoms with E-state index in [-0.39, 0.29) is 13.2 Å². The third-order valence-corrected chi connectivity index (χ3v) is 3.43. The Labute approximate surface area is 142 Å². The van der Waals surface area contributed by atoms with Gasteiger partial charge in [-0.05, 0) is 36.4 Å². The van der Waals surface area contributed by atoms with Crippen molar-refractivity contribution in [3.05, 3.63) is 66.4 Å². The van der Waals surface area contributed by atoms with Gasteiger partial charge in [-0.2, -0.15) is 0 Å². The van der Waals surface area contributed by atoms with Gasteiger partial charge in [0.2, 0.25) is 0 Å². The van der Waals surface area contributed by atoms with Crippen molar-refractivity contribution in [1.82, 2.24) is 10.3 Å². The fourth-order valence-electron chi connectivity index (χ4n) is 2.25. The number of halogens is 2. The number of carbonyl (C=O) groups excluding carboxylic acids is 1. The van der Waals surface area contributed by atoms with Crippen molar-refractivity contribution in [2.45, 2.75) is 0 Å². The van der Waals surface area contributed by atoms with Crippen LogP contribution in [0.1, 0.15) is 0 Å². The molecule has 7 heteroatoms. The number of carbonyl (C=O) groups is 1. The van der Waals surface area contributed by atoms with Gasteiger partial charge in [0.05, 0.1) is 12.1 Å². The zero-order valence-electron chi connectivity index (χ0n) is 13.1. The van der Waals surface area contributed by atoms with Crippen molar-refractivity contribution < 1.29 is 18.3 Å². The summed E-state index contributed by atoms with van der Waals surface area (Å²) in [5.41, 5.74) is 0.377. The molecule has 0 unspecified atom stereocenters. The van der Waals surface area contributed by atoms with Crippen LogP contribution in [0.2, 0.25) is 0 Å². The quantitative estimate of drug-likeness (QED) is 0.694. The SMILES string of the molecule is O=C(NCCOc1ccc2ncccc2c1)Nc1c(F)cccc1F. The van der Waals surface area contributed by atoms with E-state index in [4.69, 9.17) is 4.74 Å². The van der Waals surface area contributed by atoms with Crippen LogP contribution in [0.15, 0.2) is 54.7 Å². The third kappa shape index (κ3) is 4.20. The van der Waals surface area contributed by atoms with Gasteiger partial charge in [0.1, 0.15) is 29.7 Å². The number of para-hydroxylation sites is 1. The number of anilines is 1. The smallest absolute Gasteiger partial charge is 0.319 e. The van der Waals surface area contributed by atoms with Crippen LogP contribution in [0.5, 0.6) is 5.75 Å². The molecular weight excluding hydrogens is 328 g/mol. The van der Waals surface area contributed by atoms with Gasteiger partial charge in [-0.25, -0.2) is 13.6 Å². The molecule has 128 valence electrons. The molecule has 0 radical (unpaired) electrons. The summed E-state index contributed by atoms with van der Waals surface area (Å²) in [6.45, 7) is 0.381. The van der Waals surface area contributed by atoms with Crippen molar-refractivity contribution in [3.63, 3.8) is 0 Å². The van der Waals surface area contributed by atoms with E-state index < -0.39 is 23.4 Å². The van der Waals surface area contributed by atoms with E-state index in [0.29, 0.717) is 5.75 Å². The summed E-state index contributed by atoms with van der Waals surface area (Å²) in [5.74, 6) is -1.03. The van der Waals surface area contributed by atoms with Gasteiger partial charge >= 0.3 is 6.03 Å². The molecule has 2 N–H and O–H groups in total. The Kier molecular flexibility index (Phi) is 5.03. The number of benzene rings is 2. The number of nitrogens with zero attached hydrogens (tertiary/aromatic N) is 1. The second-order valence-electron chi connectivity index (χ2n) is 5.18. The first-order valence-corrected chi connectivity index (χ1v) is 7.60. The van der Waals surface area contributed by atoms with E-state index in [2.05, 4.69) is 15.6 Å². The number of fused-ring (bicyclic) bond motifs is 1. The molecule has 0 saturated heterocycles. The lowest BCUT2D eigenvalue weighted by atomic mass is 10.2. The maximum atomic E-state index is 13.4. The highest BCUT2D eigenvalue weighted by Gasteiger charge is 2.11. The molecule has 0 saturated carbocycles. The molecule has 2 aromatic carbocycles. The number of amides is 2. The number of nitrogens with one attached hydrogen (secondary N) is 2. The minimum atomic E-state index is -0.837. The zero-order chi connectivity index (χ0) is 17.6. The molecule has 1 aromatic heterocycles. The standard InChI is InChI=1S/C18H15F2N3O2/c19-14-4-1-5-15(20)17(14)23-18(24)22-9-10-25-13-6-7-16-12(11-13)3-2-8-21-16/h1-8,11H,9-10H2,(H2,22,23,24). The van der Waals surface area contributed by atoms with Gasteiger partial charge < -0.3 is 15.4 Å². The molecule has 25 heavy (non-hydrogen) atoms. The highest BCUT2D eigenvalue weighted by atomic mass is 19.1. The molecular formula is C18H15F2N3O2. The maximum absolute atomic E-state index is 13.4. The Morgan fingerprint density at radius 3 is 2.68 bits per heavy atom. The van der Waals surface area contributed by atoms with E-state index >= 15 is 0 Å². The van der Waals surface area contributed by atoms with Gasteiger partial charge in [0.25, 0.3) is 0 Å². The van der Waals surface area contributed by atoms with E-state index in [1.54, 1.807) is 12.3 Å². The predicted molar refractivity (Wildman–Crippen MR) is 90.6 cm³/mol. The van der Waals surface area contributed by atoms with Crippen LogP contribution in [0.3, 0.4) is 0 Å². The number of urea groups is 1. The van der Waals surface area contributed by atoms with Crippen molar-refractivity contribution in [2.24, 2.45) is 0 Å². The van der Waals surface area contributed by atoms with Crippen LogP contribution in [-0.2, 0) is 0 Å². The van der Waals surface area contributed by atoms with Crippen molar-refractivity contribution >= 4 is 22.6 Å². The van der Waals surface area contributed by atoms with Crippen LogP contribution in [0.25, 0.3) is 10.9 Å². The van der Waals surface area contributed by atoms with E-state index in [9.17, 15) is 13.6 Å². The normalized spacial score (nSPS) is 10.5. The summed E-state index contributed by atoms with van der Waals surface area (Å²) < 4.78 is 32.4. The number of pyridine rings is 1. The Morgan fingerprint density at radius 1 is 1.08 bits per heavy atom. The summed E-state index contributed by atoms with van der Waals surface area (Å²) in [5, 5.41) is 5.55. The number of ether oxygens (including phenoxy) is 1. The predicted octanol–water partition coefficient (Wildman–Crippen LogP) is 3.71. The summed E-state index contributed by atoms with van der Waals surface area (Å²) in [6, 6.07) is 11.9. The molecule has 3 rings (SSSR count). The number of hydrogen-bond acceptors (Lipinski definition) is 3. The number of aromatic nitrogens is 1. The minimum absolute atomic E-state index is 0.174. The molecule has 1 heterocycles. The van der Waals surface area contributed by atoms with Crippen LogP contribution >= 0.6 is 0 Å². The molecule has 0 bridgehead atoms. The van der Waals surface area contributed by atoms with E-state index in [1.165, 1.54) is 6.07 Å². The number of rotatable bonds is 5. The Morgan fingerprint density at radius 2 is 1.88 bits per heavy atom. The molecule has 0 aliphatic heterocycles. The molecule has 0 aliphatic carbocycles. The first-order valence-electron chi connectivity index (χ1n) is 7.60. The van der Waals surface area contributed by atoms with Gasteiger partial charge in [0.15, 0.2) is 0 Å². The second kappa shape index (κ2) is 7.57. The Bertz CT molecular complexity index is 882. The fourth-order valence-corrected chi connectivity index (χ4v) is 2.25. The van der Waals surface area contributed by atoms with Gasteiger partial charge in [-0.3, -0.25) is 4.98 Å². The Hall–Kier alpha value is -3.22. The molecule has 0 fully saturated rings. The van der Waals surface area contributed by atoms with Crippen molar-refractivity contribution in [1.29, 1.82) is 0 Å². The summed E-state index contributed by atoms with van der Waals surface area (Å²) in [6.07, 6.45) is 1.71. The molecule has 0 spiro atoms. The highest BCUT2D eigenvalue weighted by Crippen LogP contribution is 2.19. The Balaban J connectivity index is 1.48. The van der Waals surface area contributed by atoms with Gasteiger partial charge in [-0.15, -0.1) is 0 Å². The third-order valence-electron chi connectivity index (χ3n) is 3.43. The maximum Gasteiger partial charge on any atom is 0.319 e. The first-order chi connectivity index (χ1) is 12.1. The fraction of sp³-hybridized carbons (Fsp3) is 0.111. The molecule has 3 aromatic rings. The van der Waals surface area contributed by atoms with Crippen LogP contribution in [-0.4, -0.2) is 24.2 Å². The lowest BCUT2D eigenvalue weighted by molar-refractivity contribution is 0.247. The highest BCUT2D eigenvalue weighted by molar-refractivity contribution is 5.89. The molecule has 0 atom stereocenters. The summed E-state index contributed by atoms with van der Waals surface area (Å²) in [7, 11) is 0. The summed E-state index contributed by atoms with van der Waals surface area (Å²) >= 11 is 0. The van der Waals surface area contributed by atoms with Crippen LogP contribution in [0, 0.1) is 11.6 Å². The average molecular weight is 343 g/mol. The van der Waals surface area contributed by atoms with Gasteiger partial charge in [-0.1, -0.05) is 12.1 Å².